The van der Waals surface area contributed by atoms with Crippen molar-refractivity contribution in [3.63, 3.8) is 0 Å². The van der Waals surface area contributed by atoms with Crippen molar-refractivity contribution in [1.29, 1.82) is 0 Å². The molecule has 0 saturated heterocycles. The van der Waals surface area contributed by atoms with Crippen molar-refractivity contribution < 1.29 is 14.6 Å². The molecule has 1 heterocycles. The second kappa shape index (κ2) is 3.25. The van der Waals surface area contributed by atoms with E-state index in [-0.39, 0.29) is 11.6 Å². The molecular formula is C9H8BrNO3. The van der Waals surface area contributed by atoms with Crippen molar-refractivity contribution >= 4 is 21.9 Å². The number of halogens is 1. The summed E-state index contributed by atoms with van der Waals surface area (Å²) < 4.78 is 5.78. The quantitative estimate of drug-likeness (QED) is 0.801. The summed E-state index contributed by atoms with van der Waals surface area (Å²) in [5.41, 5.74) is 6.52. The fourth-order valence-corrected chi connectivity index (χ4v) is 2.06. The number of hydrogen-bond acceptors (Lipinski definition) is 3. The maximum absolute atomic E-state index is 11.0. The lowest BCUT2D eigenvalue weighted by Crippen LogP contribution is -2.14. The van der Waals surface area contributed by atoms with Crippen molar-refractivity contribution in [2.24, 2.45) is 5.73 Å². The molecule has 0 saturated carbocycles. The van der Waals surface area contributed by atoms with E-state index in [0.29, 0.717) is 22.4 Å². The molecule has 3 N–H and O–H groups in total. The summed E-state index contributed by atoms with van der Waals surface area (Å²) in [5.74, 6) is -0.423. The van der Waals surface area contributed by atoms with Gasteiger partial charge in [0.25, 0.3) is 0 Å². The number of hydrogen-bond donors (Lipinski definition) is 2. The van der Waals surface area contributed by atoms with Crippen LogP contribution in [0.4, 0.5) is 0 Å². The number of carboxylic acids is 1. The van der Waals surface area contributed by atoms with Gasteiger partial charge < -0.3 is 15.6 Å². The molecule has 0 fully saturated rings. The van der Waals surface area contributed by atoms with E-state index in [1.807, 2.05) is 0 Å². The van der Waals surface area contributed by atoms with Gasteiger partial charge in [0.15, 0.2) is 0 Å². The molecule has 0 aliphatic carbocycles. The topological polar surface area (TPSA) is 72.5 Å². The first-order chi connectivity index (χ1) is 6.61. The minimum atomic E-state index is -0.991. The summed E-state index contributed by atoms with van der Waals surface area (Å²) in [4.78, 5) is 11.0. The van der Waals surface area contributed by atoms with Crippen LogP contribution in [-0.2, 0) is 0 Å². The molecule has 0 unspecified atom stereocenters. The Labute approximate surface area is 88.8 Å². The molecule has 4 nitrogen and oxygen atoms in total. The number of carbonyl (C=O) groups is 1. The molecule has 1 aliphatic heterocycles. The molecule has 0 aromatic heterocycles. The molecule has 1 aromatic carbocycles. The van der Waals surface area contributed by atoms with E-state index in [9.17, 15) is 4.79 Å². The van der Waals surface area contributed by atoms with Crippen LogP contribution in [0.1, 0.15) is 22.0 Å². The second-order valence-corrected chi connectivity index (χ2v) is 3.91. The fourth-order valence-electron chi connectivity index (χ4n) is 1.55. The molecule has 1 aromatic rings. The van der Waals surface area contributed by atoms with Crippen LogP contribution in [0.5, 0.6) is 5.75 Å². The zero-order chi connectivity index (χ0) is 10.3. The molecule has 5 heteroatoms. The number of nitrogens with two attached hydrogens (primary N) is 1. The monoisotopic (exact) mass is 257 g/mol. The van der Waals surface area contributed by atoms with E-state index in [0.717, 1.165) is 0 Å². The van der Waals surface area contributed by atoms with Crippen LogP contribution in [0.3, 0.4) is 0 Å². The van der Waals surface area contributed by atoms with Crippen LogP contribution in [-0.4, -0.2) is 17.7 Å². The van der Waals surface area contributed by atoms with Gasteiger partial charge in [-0.3, -0.25) is 0 Å². The zero-order valence-corrected chi connectivity index (χ0v) is 8.74. The highest BCUT2D eigenvalue weighted by Gasteiger charge is 2.28. The van der Waals surface area contributed by atoms with Gasteiger partial charge in [0, 0.05) is 10.0 Å². The van der Waals surface area contributed by atoms with Crippen molar-refractivity contribution in [3.05, 3.63) is 27.7 Å². The number of rotatable bonds is 1. The normalized spacial score (nSPS) is 18.9. The first-order valence-electron chi connectivity index (χ1n) is 4.05. The number of fused-ring (bicyclic) bond motifs is 1. The highest BCUT2D eigenvalue weighted by molar-refractivity contribution is 9.10. The van der Waals surface area contributed by atoms with Gasteiger partial charge in [-0.25, -0.2) is 4.79 Å². The molecular weight excluding hydrogens is 250 g/mol. The number of carboxylic acid groups (broad SMARTS) is 1. The summed E-state index contributed by atoms with van der Waals surface area (Å²) in [6.07, 6.45) is 0. The van der Waals surface area contributed by atoms with Gasteiger partial charge in [0.1, 0.15) is 12.4 Å². The van der Waals surface area contributed by atoms with Crippen molar-refractivity contribution in [3.8, 4) is 5.75 Å². The van der Waals surface area contributed by atoms with E-state index >= 15 is 0 Å². The number of ether oxygens (including phenoxy) is 1. The second-order valence-electron chi connectivity index (χ2n) is 3.06. The summed E-state index contributed by atoms with van der Waals surface area (Å²) >= 11 is 3.19. The number of aromatic carboxylic acids is 1. The predicted octanol–water partition coefficient (Wildman–Crippen LogP) is 1.54. The molecule has 0 amide bonds. The molecule has 2 rings (SSSR count). The smallest absolute Gasteiger partial charge is 0.337 e. The van der Waals surface area contributed by atoms with Crippen LogP contribution in [0.2, 0.25) is 0 Å². The Morgan fingerprint density at radius 2 is 2.36 bits per heavy atom. The summed E-state index contributed by atoms with van der Waals surface area (Å²) in [6.45, 7) is 0.339. The Bertz CT molecular complexity index is 405. The van der Waals surface area contributed by atoms with E-state index in [4.69, 9.17) is 15.6 Å². The van der Waals surface area contributed by atoms with Crippen molar-refractivity contribution in [1.82, 2.24) is 0 Å². The van der Waals surface area contributed by atoms with Crippen LogP contribution in [0.15, 0.2) is 16.6 Å². The Morgan fingerprint density at radius 3 is 3.00 bits per heavy atom. The van der Waals surface area contributed by atoms with Gasteiger partial charge in [-0.1, -0.05) is 0 Å². The Morgan fingerprint density at radius 1 is 1.64 bits per heavy atom. The van der Waals surface area contributed by atoms with Crippen molar-refractivity contribution in [2.75, 3.05) is 6.61 Å². The largest absolute Gasteiger partial charge is 0.491 e. The van der Waals surface area contributed by atoms with Gasteiger partial charge in [0.2, 0.25) is 0 Å². The molecule has 74 valence electrons. The Balaban J connectivity index is 2.68. The minimum absolute atomic E-state index is 0.201. The molecule has 0 spiro atoms. The van der Waals surface area contributed by atoms with E-state index < -0.39 is 5.97 Å². The summed E-state index contributed by atoms with van der Waals surface area (Å²) in [6, 6.07) is 3.02. The first-order valence-corrected chi connectivity index (χ1v) is 4.84. The standard InChI is InChI=1S/C9H8BrNO3/c10-4-1-2-6-8(5(11)3-14-6)7(4)9(12)13/h1-2,5H,3,11H2,(H,12,13)/t5-/m0/s1. The van der Waals surface area contributed by atoms with E-state index in [1.165, 1.54) is 0 Å². The average Bonchev–Trinajstić information content (AvgIpc) is 2.47. The highest BCUT2D eigenvalue weighted by Crippen LogP contribution is 2.37. The van der Waals surface area contributed by atoms with E-state index in [1.54, 1.807) is 12.1 Å². The lowest BCUT2D eigenvalue weighted by Gasteiger charge is -2.07. The minimum Gasteiger partial charge on any atom is -0.491 e. The van der Waals surface area contributed by atoms with Crippen LogP contribution in [0.25, 0.3) is 0 Å². The molecule has 0 radical (unpaired) electrons. The third-order valence-corrected chi connectivity index (χ3v) is 2.82. The van der Waals surface area contributed by atoms with Crippen LogP contribution in [0, 0.1) is 0 Å². The van der Waals surface area contributed by atoms with Gasteiger partial charge in [-0.2, -0.15) is 0 Å². The fraction of sp³-hybridized carbons (Fsp3) is 0.222. The van der Waals surface area contributed by atoms with Gasteiger partial charge in [-0.15, -0.1) is 0 Å². The molecule has 0 bridgehead atoms. The Hall–Kier alpha value is -1.07. The van der Waals surface area contributed by atoms with Crippen LogP contribution >= 0.6 is 15.9 Å². The van der Waals surface area contributed by atoms with Crippen LogP contribution < -0.4 is 10.5 Å². The lowest BCUT2D eigenvalue weighted by atomic mass is 10.0. The predicted molar refractivity (Wildman–Crippen MR) is 53.5 cm³/mol. The third-order valence-electron chi connectivity index (χ3n) is 2.16. The average molecular weight is 258 g/mol. The molecule has 14 heavy (non-hydrogen) atoms. The van der Waals surface area contributed by atoms with Gasteiger partial charge in [-0.05, 0) is 28.1 Å². The summed E-state index contributed by atoms with van der Waals surface area (Å²) in [7, 11) is 0. The van der Waals surface area contributed by atoms with Gasteiger partial charge >= 0.3 is 5.97 Å². The highest BCUT2D eigenvalue weighted by atomic mass is 79.9. The third kappa shape index (κ3) is 1.29. The van der Waals surface area contributed by atoms with Gasteiger partial charge in [0.05, 0.1) is 11.6 Å². The van der Waals surface area contributed by atoms with Crippen molar-refractivity contribution in [2.45, 2.75) is 6.04 Å². The first kappa shape index (κ1) is 9.48. The number of benzene rings is 1. The SMILES string of the molecule is N[C@H]1COc2ccc(Br)c(C(=O)O)c21. The lowest BCUT2D eigenvalue weighted by molar-refractivity contribution is 0.0694. The zero-order valence-electron chi connectivity index (χ0n) is 7.16. The summed E-state index contributed by atoms with van der Waals surface area (Å²) in [5, 5.41) is 9.01. The maximum atomic E-state index is 11.0. The van der Waals surface area contributed by atoms with E-state index in [2.05, 4.69) is 15.9 Å². The Kier molecular flexibility index (Phi) is 2.20. The molecule has 1 atom stereocenters. The maximum Gasteiger partial charge on any atom is 0.337 e. The molecule has 1 aliphatic rings.